The van der Waals surface area contributed by atoms with Gasteiger partial charge in [-0.3, -0.25) is 5.43 Å². The number of hydrazine groups is 1. The maximum atomic E-state index is 4.52. The lowest BCUT2D eigenvalue weighted by Crippen LogP contribution is -2.47. The third-order valence-corrected chi connectivity index (χ3v) is 4.16. The molecule has 0 bridgehead atoms. The highest BCUT2D eigenvalue weighted by atomic mass is 79.9. The second-order valence-corrected chi connectivity index (χ2v) is 6.03. The average molecular weight is 324 g/mol. The summed E-state index contributed by atoms with van der Waals surface area (Å²) in [6.07, 6.45) is 9.36. The first-order valence-corrected chi connectivity index (χ1v) is 7.48. The number of aromatic nitrogens is 3. The summed E-state index contributed by atoms with van der Waals surface area (Å²) >= 11 is 3.44. The van der Waals surface area contributed by atoms with Crippen molar-refractivity contribution in [2.75, 3.05) is 5.43 Å². The van der Waals surface area contributed by atoms with Crippen LogP contribution in [0.25, 0.3) is 5.65 Å². The molecule has 1 fully saturated rings. The summed E-state index contributed by atoms with van der Waals surface area (Å²) in [5.74, 6) is 0.806. The van der Waals surface area contributed by atoms with E-state index in [4.69, 9.17) is 0 Å². The van der Waals surface area contributed by atoms with E-state index in [1.165, 1.54) is 19.3 Å². The topological polar surface area (TPSA) is 45.5 Å². The van der Waals surface area contributed by atoms with Crippen LogP contribution in [0.4, 0.5) is 5.82 Å². The maximum Gasteiger partial charge on any atom is 0.185 e. The molecule has 0 spiro atoms. The van der Waals surface area contributed by atoms with Gasteiger partial charge in [0.05, 0.1) is 0 Å². The van der Waals surface area contributed by atoms with Crippen molar-refractivity contribution in [3.05, 3.63) is 23.2 Å². The number of rotatable bonds is 2. The van der Waals surface area contributed by atoms with Crippen LogP contribution in [-0.2, 0) is 0 Å². The van der Waals surface area contributed by atoms with Crippen LogP contribution < -0.4 is 5.43 Å². The van der Waals surface area contributed by atoms with Crippen LogP contribution >= 0.6 is 15.9 Å². The fourth-order valence-corrected chi connectivity index (χ4v) is 3.14. The van der Waals surface area contributed by atoms with E-state index < -0.39 is 0 Å². The smallest absolute Gasteiger partial charge is 0.185 e. The molecule has 102 valence electrons. The van der Waals surface area contributed by atoms with E-state index in [9.17, 15) is 0 Å². The molecule has 1 saturated heterocycles. The molecule has 0 saturated carbocycles. The van der Waals surface area contributed by atoms with Gasteiger partial charge in [-0.05, 0) is 42.6 Å². The average Bonchev–Trinajstić information content (AvgIpc) is 2.81. The zero-order valence-electron chi connectivity index (χ0n) is 11.2. The fraction of sp³-hybridized carbons (Fsp3) is 0.538. The van der Waals surface area contributed by atoms with Crippen LogP contribution in [0, 0.1) is 0 Å². The van der Waals surface area contributed by atoms with Gasteiger partial charge in [-0.25, -0.2) is 15.0 Å². The molecule has 2 aromatic rings. The number of hydrogen-bond acceptors (Lipinski definition) is 4. The SMILES string of the molecule is CC1CCCC(C)N1Nc1nc(Br)cn2ccnc12. The summed E-state index contributed by atoms with van der Waals surface area (Å²) < 4.78 is 2.77. The summed E-state index contributed by atoms with van der Waals surface area (Å²) in [4.78, 5) is 8.88. The number of piperidine rings is 1. The first-order chi connectivity index (χ1) is 9.15. The van der Waals surface area contributed by atoms with Crippen molar-refractivity contribution in [1.82, 2.24) is 19.4 Å². The predicted octanol–water partition coefficient (Wildman–Crippen LogP) is 3.08. The molecule has 1 aliphatic heterocycles. The van der Waals surface area contributed by atoms with Gasteiger partial charge >= 0.3 is 0 Å². The monoisotopic (exact) mass is 323 g/mol. The summed E-state index contributed by atoms with van der Waals surface area (Å²) in [6, 6.07) is 1.03. The first kappa shape index (κ1) is 12.9. The Hall–Kier alpha value is -1.14. The van der Waals surface area contributed by atoms with Crippen molar-refractivity contribution in [3.8, 4) is 0 Å². The minimum absolute atomic E-state index is 0.513. The van der Waals surface area contributed by atoms with E-state index >= 15 is 0 Å². The molecule has 2 unspecified atom stereocenters. The first-order valence-electron chi connectivity index (χ1n) is 6.69. The number of anilines is 1. The van der Waals surface area contributed by atoms with Crippen LogP contribution in [-0.4, -0.2) is 31.5 Å². The predicted molar refractivity (Wildman–Crippen MR) is 78.9 cm³/mol. The molecule has 3 rings (SSSR count). The highest BCUT2D eigenvalue weighted by molar-refractivity contribution is 9.10. The standard InChI is InChI=1S/C13H18BrN5/c1-9-4-3-5-10(2)19(9)17-12-13-15-6-7-18(13)8-11(14)16-12/h6-10H,3-5H2,1-2H3,(H,16,17). The van der Waals surface area contributed by atoms with Crippen LogP contribution in [0.2, 0.25) is 0 Å². The summed E-state index contributed by atoms with van der Waals surface area (Å²) in [5.41, 5.74) is 4.31. The van der Waals surface area contributed by atoms with Crippen LogP contribution in [0.15, 0.2) is 23.2 Å². The molecule has 0 amide bonds. The number of nitrogens with one attached hydrogen (secondary N) is 1. The zero-order valence-corrected chi connectivity index (χ0v) is 12.8. The van der Waals surface area contributed by atoms with Crippen molar-refractivity contribution < 1.29 is 0 Å². The van der Waals surface area contributed by atoms with E-state index in [1.807, 2.05) is 16.8 Å². The third-order valence-electron chi connectivity index (χ3n) is 3.77. The lowest BCUT2D eigenvalue weighted by atomic mass is 10.00. The number of hydrogen-bond donors (Lipinski definition) is 1. The molecule has 19 heavy (non-hydrogen) atoms. The van der Waals surface area contributed by atoms with Gasteiger partial charge in [0.2, 0.25) is 0 Å². The van der Waals surface area contributed by atoms with Gasteiger partial charge in [-0.1, -0.05) is 6.42 Å². The Labute approximate surface area is 121 Å². The quantitative estimate of drug-likeness (QED) is 0.922. The third kappa shape index (κ3) is 2.47. The normalized spacial score (nSPS) is 24.8. The van der Waals surface area contributed by atoms with Crippen molar-refractivity contribution in [3.63, 3.8) is 0 Å². The summed E-state index contributed by atoms with van der Waals surface area (Å²) in [7, 11) is 0. The highest BCUT2D eigenvalue weighted by Gasteiger charge is 2.25. The minimum Gasteiger partial charge on any atom is -0.301 e. The van der Waals surface area contributed by atoms with E-state index in [1.54, 1.807) is 6.20 Å². The van der Waals surface area contributed by atoms with Crippen molar-refractivity contribution in [2.24, 2.45) is 0 Å². The Morgan fingerprint density at radius 1 is 1.32 bits per heavy atom. The van der Waals surface area contributed by atoms with Gasteiger partial charge in [-0.2, -0.15) is 0 Å². The molecule has 0 aliphatic carbocycles. The van der Waals surface area contributed by atoms with Gasteiger partial charge < -0.3 is 4.40 Å². The largest absolute Gasteiger partial charge is 0.301 e. The second kappa shape index (κ2) is 5.09. The Balaban J connectivity index is 1.93. The van der Waals surface area contributed by atoms with Crippen molar-refractivity contribution >= 4 is 27.4 Å². The van der Waals surface area contributed by atoms with Crippen LogP contribution in [0.5, 0.6) is 0 Å². The van der Waals surface area contributed by atoms with Gasteiger partial charge in [0.25, 0.3) is 0 Å². The molecule has 0 aromatic carbocycles. The second-order valence-electron chi connectivity index (χ2n) is 5.22. The lowest BCUT2D eigenvalue weighted by molar-refractivity contribution is 0.135. The summed E-state index contributed by atoms with van der Waals surface area (Å²) in [6.45, 7) is 4.51. The van der Waals surface area contributed by atoms with Gasteiger partial charge in [0.1, 0.15) is 4.60 Å². The molecule has 2 atom stereocenters. The number of imidazole rings is 1. The van der Waals surface area contributed by atoms with Gasteiger partial charge in [0.15, 0.2) is 11.5 Å². The van der Waals surface area contributed by atoms with Crippen LogP contribution in [0.1, 0.15) is 33.1 Å². The maximum absolute atomic E-state index is 4.52. The summed E-state index contributed by atoms with van der Waals surface area (Å²) in [5, 5.41) is 2.30. The number of nitrogens with zero attached hydrogens (tertiary/aromatic N) is 4. The molecule has 1 N–H and O–H groups in total. The van der Waals surface area contributed by atoms with Crippen molar-refractivity contribution in [1.29, 1.82) is 0 Å². The molecule has 0 radical (unpaired) electrons. The van der Waals surface area contributed by atoms with Crippen LogP contribution in [0.3, 0.4) is 0 Å². The Bertz CT molecular complexity index is 571. The van der Waals surface area contributed by atoms with Gasteiger partial charge in [-0.15, -0.1) is 0 Å². The molecular formula is C13H18BrN5. The molecule has 3 heterocycles. The lowest BCUT2D eigenvalue weighted by Gasteiger charge is -2.39. The van der Waals surface area contributed by atoms with E-state index in [0.717, 1.165) is 16.1 Å². The molecule has 5 nitrogen and oxygen atoms in total. The highest BCUT2D eigenvalue weighted by Crippen LogP contribution is 2.25. The number of halogens is 1. The van der Waals surface area contributed by atoms with Crippen molar-refractivity contribution in [2.45, 2.75) is 45.2 Å². The molecule has 1 aliphatic rings. The Morgan fingerprint density at radius 2 is 2.05 bits per heavy atom. The fourth-order valence-electron chi connectivity index (χ4n) is 2.74. The number of fused-ring (bicyclic) bond motifs is 1. The van der Waals surface area contributed by atoms with E-state index in [-0.39, 0.29) is 0 Å². The van der Waals surface area contributed by atoms with E-state index in [0.29, 0.717) is 12.1 Å². The minimum atomic E-state index is 0.513. The van der Waals surface area contributed by atoms with Gasteiger partial charge in [0, 0.05) is 30.7 Å². The zero-order chi connectivity index (χ0) is 13.4. The Kier molecular flexibility index (Phi) is 3.45. The molecule has 6 heteroatoms. The van der Waals surface area contributed by atoms with E-state index in [2.05, 4.69) is 50.2 Å². The molecule has 2 aromatic heterocycles. The molecular weight excluding hydrogens is 306 g/mol. The Morgan fingerprint density at radius 3 is 2.79 bits per heavy atom.